The molecule has 0 bridgehead atoms. The van der Waals surface area contributed by atoms with Crippen LogP contribution >= 0.6 is 0 Å². The van der Waals surface area contributed by atoms with Crippen molar-refractivity contribution >= 4 is 11.8 Å². The van der Waals surface area contributed by atoms with Crippen molar-refractivity contribution in [3.63, 3.8) is 0 Å². The predicted octanol–water partition coefficient (Wildman–Crippen LogP) is 2.67. The van der Waals surface area contributed by atoms with Gasteiger partial charge in [0.15, 0.2) is 0 Å². The number of hydrogen-bond donors (Lipinski definition) is 2. The minimum absolute atomic E-state index is 0.143. The van der Waals surface area contributed by atoms with Crippen LogP contribution in [0.5, 0.6) is 0 Å². The molecule has 25 heavy (non-hydrogen) atoms. The number of halogens is 1. The standard InChI is InChI=1S/C18H20FN3O3/c1-25-18(24)13-7-4-11(8-14(13)19)16-17(20)21-9-15(22-16)10-2-5-12(23)6-3-10/h4,7-10,12,23H,2-3,5-6H2,1H3,(H2,20,21)/t10-,12+. The normalized spacial score (nSPS) is 20.3. The van der Waals surface area contributed by atoms with Gasteiger partial charge in [-0.05, 0) is 37.8 Å². The molecule has 2 aromatic rings. The number of rotatable bonds is 3. The second kappa shape index (κ2) is 7.14. The lowest BCUT2D eigenvalue weighted by Gasteiger charge is -2.25. The molecule has 1 aliphatic carbocycles. The maximum atomic E-state index is 14.2. The van der Waals surface area contributed by atoms with Gasteiger partial charge in [0.2, 0.25) is 0 Å². The van der Waals surface area contributed by atoms with E-state index in [0.29, 0.717) is 11.3 Å². The minimum Gasteiger partial charge on any atom is -0.465 e. The first-order valence-electron chi connectivity index (χ1n) is 8.18. The fourth-order valence-corrected chi connectivity index (χ4v) is 3.13. The predicted molar refractivity (Wildman–Crippen MR) is 90.4 cm³/mol. The van der Waals surface area contributed by atoms with E-state index in [2.05, 4.69) is 14.7 Å². The van der Waals surface area contributed by atoms with Crippen molar-refractivity contribution in [2.45, 2.75) is 37.7 Å². The Morgan fingerprint density at radius 1 is 1.32 bits per heavy atom. The van der Waals surface area contributed by atoms with Crippen LogP contribution in [-0.4, -0.2) is 34.3 Å². The number of nitrogen functional groups attached to an aromatic ring is 1. The highest BCUT2D eigenvalue weighted by atomic mass is 19.1. The van der Waals surface area contributed by atoms with Gasteiger partial charge in [-0.15, -0.1) is 0 Å². The van der Waals surface area contributed by atoms with Gasteiger partial charge < -0.3 is 15.6 Å². The topological polar surface area (TPSA) is 98.3 Å². The molecule has 0 atom stereocenters. The molecule has 0 radical (unpaired) electrons. The molecular formula is C18H20FN3O3. The smallest absolute Gasteiger partial charge is 0.340 e. The summed E-state index contributed by atoms with van der Waals surface area (Å²) in [5, 5.41) is 9.64. The van der Waals surface area contributed by atoms with Gasteiger partial charge in [-0.1, -0.05) is 6.07 Å². The van der Waals surface area contributed by atoms with Crippen molar-refractivity contribution in [2.75, 3.05) is 12.8 Å². The van der Waals surface area contributed by atoms with Crippen molar-refractivity contribution in [2.24, 2.45) is 0 Å². The van der Waals surface area contributed by atoms with Gasteiger partial charge in [0, 0.05) is 11.5 Å². The first kappa shape index (κ1) is 17.3. The summed E-state index contributed by atoms with van der Waals surface area (Å²) in [5.41, 5.74) is 7.40. The van der Waals surface area contributed by atoms with Gasteiger partial charge in [0.1, 0.15) is 17.3 Å². The van der Waals surface area contributed by atoms with E-state index in [1.165, 1.54) is 19.2 Å². The zero-order chi connectivity index (χ0) is 18.0. The number of anilines is 1. The third kappa shape index (κ3) is 3.61. The highest BCUT2D eigenvalue weighted by Gasteiger charge is 2.23. The summed E-state index contributed by atoms with van der Waals surface area (Å²) in [6, 6.07) is 4.13. The van der Waals surface area contributed by atoms with Gasteiger partial charge in [0.25, 0.3) is 0 Å². The lowest BCUT2D eigenvalue weighted by molar-refractivity contribution is 0.0595. The Balaban J connectivity index is 1.93. The summed E-state index contributed by atoms with van der Waals surface area (Å²) in [4.78, 5) is 20.3. The molecule has 0 amide bonds. The monoisotopic (exact) mass is 345 g/mol. The number of carbonyl (C=O) groups is 1. The maximum absolute atomic E-state index is 14.2. The Labute approximate surface area is 144 Å². The molecule has 3 N–H and O–H groups in total. The summed E-state index contributed by atoms with van der Waals surface area (Å²) in [6.45, 7) is 0. The van der Waals surface area contributed by atoms with E-state index in [1.54, 1.807) is 12.3 Å². The zero-order valence-electron chi connectivity index (χ0n) is 13.9. The van der Waals surface area contributed by atoms with Gasteiger partial charge >= 0.3 is 5.97 Å². The van der Waals surface area contributed by atoms with Crippen LogP contribution in [0.25, 0.3) is 11.3 Å². The average Bonchev–Trinajstić information content (AvgIpc) is 2.62. The van der Waals surface area contributed by atoms with Crippen LogP contribution in [0.15, 0.2) is 24.4 Å². The van der Waals surface area contributed by atoms with Crippen molar-refractivity contribution in [1.82, 2.24) is 9.97 Å². The highest BCUT2D eigenvalue weighted by Crippen LogP contribution is 2.33. The maximum Gasteiger partial charge on any atom is 0.340 e. The lowest BCUT2D eigenvalue weighted by atomic mass is 9.85. The summed E-state index contributed by atoms with van der Waals surface area (Å²) in [6.07, 6.45) is 4.50. The van der Waals surface area contributed by atoms with Crippen LogP contribution in [0.2, 0.25) is 0 Å². The number of aliphatic hydroxyl groups is 1. The summed E-state index contributed by atoms with van der Waals surface area (Å²) in [7, 11) is 1.20. The molecule has 7 heteroatoms. The number of aliphatic hydroxyl groups excluding tert-OH is 1. The van der Waals surface area contributed by atoms with Gasteiger partial charge in [0.05, 0.1) is 30.7 Å². The quantitative estimate of drug-likeness (QED) is 0.830. The molecule has 0 spiro atoms. The molecular weight excluding hydrogens is 325 g/mol. The number of methoxy groups -OCH3 is 1. The van der Waals surface area contributed by atoms with Crippen LogP contribution in [0.4, 0.5) is 10.2 Å². The van der Waals surface area contributed by atoms with Crippen LogP contribution in [-0.2, 0) is 4.74 Å². The summed E-state index contributed by atoms with van der Waals surface area (Å²) < 4.78 is 18.7. The lowest BCUT2D eigenvalue weighted by Crippen LogP contribution is -2.18. The van der Waals surface area contributed by atoms with Crippen LogP contribution in [0.3, 0.4) is 0 Å². The number of aromatic nitrogens is 2. The first-order valence-corrected chi connectivity index (χ1v) is 8.18. The van der Waals surface area contributed by atoms with E-state index < -0.39 is 11.8 Å². The van der Waals surface area contributed by atoms with Gasteiger partial charge in [-0.25, -0.2) is 19.2 Å². The van der Waals surface area contributed by atoms with Crippen LogP contribution < -0.4 is 5.73 Å². The molecule has 0 aliphatic heterocycles. The second-order valence-electron chi connectivity index (χ2n) is 6.22. The van der Waals surface area contributed by atoms with Crippen LogP contribution in [0.1, 0.15) is 47.7 Å². The fourth-order valence-electron chi connectivity index (χ4n) is 3.13. The Morgan fingerprint density at radius 2 is 2.04 bits per heavy atom. The summed E-state index contributed by atoms with van der Waals surface area (Å²) >= 11 is 0. The molecule has 1 saturated carbocycles. The van der Waals surface area contributed by atoms with E-state index in [9.17, 15) is 14.3 Å². The number of esters is 1. The second-order valence-corrected chi connectivity index (χ2v) is 6.22. The van der Waals surface area contributed by atoms with Gasteiger partial charge in [-0.3, -0.25) is 0 Å². The van der Waals surface area contributed by atoms with Crippen molar-refractivity contribution in [3.8, 4) is 11.3 Å². The Bertz CT molecular complexity index is 789. The fraction of sp³-hybridized carbons (Fsp3) is 0.389. The van der Waals surface area contributed by atoms with E-state index in [-0.39, 0.29) is 23.4 Å². The van der Waals surface area contributed by atoms with E-state index >= 15 is 0 Å². The van der Waals surface area contributed by atoms with Gasteiger partial charge in [-0.2, -0.15) is 0 Å². The minimum atomic E-state index is -0.738. The molecule has 132 valence electrons. The molecule has 1 aliphatic rings. The SMILES string of the molecule is COC(=O)c1ccc(-c2nc([C@H]3CC[C@@H](O)CC3)cnc2N)cc1F. The van der Waals surface area contributed by atoms with Crippen LogP contribution in [0, 0.1) is 5.82 Å². The average molecular weight is 345 g/mol. The van der Waals surface area contributed by atoms with Crippen molar-refractivity contribution in [3.05, 3.63) is 41.5 Å². The molecule has 1 fully saturated rings. The molecule has 6 nitrogen and oxygen atoms in total. The molecule has 3 rings (SSSR count). The zero-order valence-corrected chi connectivity index (χ0v) is 13.9. The Morgan fingerprint density at radius 3 is 2.68 bits per heavy atom. The number of ether oxygens (including phenoxy) is 1. The van der Waals surface area contributed by atoms with E-state index in [0.717, 1.165) is 31.4 Å². The number of hydrogen-bond acceptors (Lipinski definition) is 6. The molecule has 0 unspecified atom stereocenters. The van der Waals surface area contributed by atoms with Crippen molar-refractivity contribution in [1.29, 1.82) is 0 Å². The molecule has 1 heterocycles. The number of nitrogens with two attached hydrogens (primary N) is 1. The van der Waals surface area contributed by atoms with E-state index in [1.807, 2.05) is 0 Å². The highest BCUT2D eigenvalue weighted by molar-refractivity contribution is 5.90. The molecule has 0 saturated heterocycles. The number of carbonyl (C=O) groups excluding carboxylic acids is 1. The van der Waals surface area contributed by atoms with Crippen molar-refractivity contribution < 1.29 is 19.0 Å². The Hall–Kier alpha value is -2.54. The molecule has 1 aromatic heterocycles. The molecule has 1 aromatic carbocycles. The third-order valence-electron chi connectivity index (χ3n) is 4.58. The first-order chi connectivity index (χ1) is 12.0. The number of benzene rings is 1. The van der Waals surface area contributed by atoms with E-state index in [4.69, 9.17) is 5.73 Å². The third-order valence-corrected chi connectivity index (χ3v) is 4.58. The number of nitrogens with zero attached hydrogens (tertiary/aromatic N) is 2. The largest absolute Gasteiger partial charge is 0.465 e. The Kier molecular flexibility index (Phi) is 4.94. The summed E-state index contributed by atoms with van der Waals surface area (Å²) in [5.74, 6) is -1.03.